The fourth-order valence-electron chi connectivity index (χ4n) is 1.47. The molecule has 0 aliphatic rings. The van der Waals surface area contributed by atoms with Crippen LogP contribution in [0.1, 0.15) is 19.5 Å². The molecule has 0 spiro atoms. The summed E-state index contributed by atoms with van der Waals surface area (Å²) in [5.74, 6) is 0.793. The molecule has 2 rings (SSSR count). The number of nitrogens with one attached hydrogen (secondary N) is 1. The van der Waals surface area contributed by atoms with Crippen LogP contribution < -0.4 is 5.32 Å². The Kier molecular flexibility index (Phi) is 3.05. The van der Waals surface area contributed by atoms with E-state index in [1.54, 1.807) is 10.9 Å². The van der Waals surface area contributed by atoms with E-state index in [4.69, 9.17) is 4.42 Å². The average molecular weight is 220 g/mol. The predicted molar refractivity (Wildman–Crippen MR) is 60.7 cm³/mol. The molecular formula is C11H16N4O. The number of nitrogens with zero attached hydrogens (tertiary/aromatic N) is 3. The molecule has 0 bridgehead atoms. The van der Waals surface area contributed by atoms with Crippen LogP contribution in [0.2, 0.25) is 0 Å². The Bertz CT molecular complexity index is 458. The molecule has 0 amide bonds. The van der Waals surface area contributed by atoms with Crippen molar-refractivity contribution >= 4 is 0 Å². The zero-order valence-corrected chi connectivity index (χ0v) is 9.77. The Labute approximate surface area is 94.5 Å². The zero-order chi connectivity index (χ0) is 11.5. The summed E-state index contributed by atoms with van der Waals surface area (Å²) in [6.07, 6.45) is 5.17. The Morgan fingerprint density at radius 1 is 1.50 bits per heavy atom. The maximum absolute atomic E-state index is 5.39. The molecular weight excluding hydrogens is 204 g/mol. The summed E-state index contributed by atoms with van der Waals surface area (Å²) in [6.45, 7) is 4.91. The van der Waals surface area contributed by atoms with Gasteiger partial charge in [-0.05, 0) is 0 Å². The molecule has 2 aromatic heterocycles. The quantitative estimate of drug-likeness (QED) is 0.849. The smallest absolute Gasteiger partial charge is 0.181 e. The lowest BCUT2D eigenvalue weighted by atomic mass is 10.2. The summed E-state index contributed by atoms with van der Waals surface area (Å²) in [7, 11) is 1.88. The molecule has 5 nitrogen and oxygen atoms in total. The molecule has 2 heterocycles. The van der Waals surface area contributed by atoms with Crippen molar-refractivity contribution in [3.8, 4) is 11.3 Å². The lowest BCUT2D eigenvalue weighted by Gasteiger charge is -2.05. The first-order valence-corrected chi connectivity index (χ1v) is 5.31. The Balaban J connectivity index is 2.19. The van der Waals surface area contributed by atoms with Crippen molar-refractivity contribution in [2.45, 2.75) is 26.4 Å². The second-order valence-corrected chi connectivity index (χ2v) is 4.07. The molecule has 0 saturated carbocycles. The number of hydrogen-bond donors (Lipinski definition) is 1. The van der Waals surface area contributed by atoms with Gasteiger partial charge in [-0.3, -0.25) is 4.68 Å². The summed E-state index contributed by atoms with van der Waals surface area (Å²) < 4.78 is 7.14. The third-order valence-electron chi connectivity index (χ3n) is 2.29. The summed E-state index contributed by atoms with van der Waals surface area (Å²) in [5.41, 5.74) is 1.88. The van der Waals surface area contributed by atoms with E-state index in [0.717, 1.165) is 17.0 Å². The number of oxazole rings is 1. The monoisotopic (exact) mass is 220 g/mol. The van der Waals surface area contributed by atoms with E-state index >= 15 is 0 Å². The number of aryl methyl sites for hydroxylation is 1. The normalized spacial score (nSPS) is 11.2. The minimum Gasteiger partial charge on any atom is -0.443 e. The summed E-state index contributed by atoms with van der Waals surface area (Å²) >= 11 is 0. The molecule has 0 atom stereocenters. The largest absolute Gasteiger partial charge is 0.443 e. The Morgan fingerprint density at radius 3 is 2.94 bits per heavy atom. The minimum atomic E-state index is 0.429. The SMILES string of the molecule is CC(C)NCc1ncoc1-c1cnn(C)c1. The lowest BCUT2D eigenvalue weighted by Crippen LogP contribution is -2.22. The van der Waals surface area contributed by atoms with E-state index in [0.29, 0.717) is 12.6 Å². The van der Waals surface area contributed by atoms with Crippen LogP contribution in [0.3, 0.4) is 0 Å². The van der Waals surface area contributed by atoms with Gasteiger partial charge in [0, 0.05) is 25.8 Å². The van der Waals surface area contributed by atoms with Crippen LogP contribution in [0.5, 0.6) is 0 Å². The highest BCUT2D eigenvalue weighted by molar-refractivity contribution is 5.57. The highest BCUT2D eigenvalue weighted by atomic mass is 16.3. The second-order valence-electron chi connectivity index (χ2n) is 4.07. The van der Waals surface area contributed by atoms with Crippen molar-refractivity contribution in [1.82, 2.24) is 20.1 Å². The summed E-state index contributed by atoms with van der Waals surface area (Å²) in [6, 6.07) is 0.429. The first-order chi connectivity index (χ1) is 7.66. The molecule has 0 aliphatic heterocycles. The van der Waals surface area contributed by atoms with Gasteiger partial charge in [0.15, 0.2) is 12.2 Å². The number of rotatable bonds is 4. The van der Waals surface area contributed by atoms with Crippen LogP contribution in [0, 0.1) is 0 Å². The molecule has 0 fully saturated rings. The zero-order valence-electron chi connectivity index (χ0n) is 9.77. The molecule has 5 heteroatoms. The van der Waals surface area contributed by atoms with Crippen LogP contribution in [0.25, 0.3) is 11.3 Å². The van der Waals surface area contributed by atoms with Gasteiger partial charge in [0.05, 0.1) is 11.8 Å². The van der Waals surface area contributed by atoms with Crippen molar-refractivity contribution < 1.29 is 4.42 Å². The van der Waals surface area contributed by atoms with Crippen molar-refractivity contribution in [3.05, 3.63) is 24.5 Å². The molecule has 86 valence electrons. The maximum atomic E-state index is 5.39. The standard InChI is InChI=1S/C11H16N4O/c1-8(2)12-5-10-11(16-7-13-10)9-4-14-15(3)6-9/h4,6-8,12H,5H2,1-3H3. The number of hydrogen-bond acceptors (Lipinski definition) is 4. The highest BCUT2D eigenvalue weighted by Gasteiger charge is 2.12. The van der Waals surface area contributed by atoms with Crippen LogP contribution in [0.15, 0.2) is 23.2 Å². The summed E-state index contributed by atoms with van der Waals surface area (Å²) in [5, 5.41) is 7.43. The second kappa shape index (κ2) is 4.49. The molecule has 0 saturated heterocycles. The molecule has 0 radical (unpaired) electrons. The van der Waals surface area contributed by atoms with Gasteiger partial charge in [-0.1, -0.05) is 13.8 Å². The van der Waals surface area contributed by atoms with Crippen LogP contribution >= 0.6 is 0 Å². The van der Waals surface area contributed by atoms with Gasteiger partial charge >= 0.3 is 0 Å². The molecule has 0 unspecified atom stereocenters. The van der Waals surface area contributed by atoms with E-state index in [9.17, 15) is 0 Å². The lowest BCUT2D eigenvalue weighted by molar-refractivity contribution is 0.563. The van der Waals surface area contributed by atoms with Crippen molar-refractivity contribution in [1.29, 1.82) is 0 Å². The van der Waals surface area contributed by atoms with Gasteiger partial charge in [0.25, 0.3) is 0 Å². The molecule has 16 heavy (non-hydrogen) atoms. The summed E-state index contributed by atoms with van der Waals surface area (Å²) in [4.78, 5) is 4.21. The molecule has 1 N–H and O–H groups in total. The fraction of sp³-hybridized carbons (Fsp3) is 0.455. The van der Waals surface area contributed by atoms with Crippen LogP contribution in [-0.2, 0) is 13.6 Å². The van der Waals surface area contributed by atoms with Gasteiger partial charge in [0.1, 0.15) is 5.69 Å². The van der Waals surface area contributed by atoms with E-state index in [1.807, 2.05) is 13.2 Å². The van der Waals surface area contributed by atoms with Gasteiger partial charge in [-0.25, -0.2) is 4.98 Å². The van der Waals surface area contributed by atoms with Crippen molar-refractivity contribution in [3.63, 3.8) is 0 Å². The third kappa shape index (κ3) is 2.30. The van der Waals surface area contributed by atoms with Gasteiger partial charge in [0.2, 0.25) is 0 Å². The Hall–Kier alpha value is -1.62. The van der Waals surface area contributed by atoms with E-state index in [2.05, 4.69) is 29.2 Å². The van der Waals surface area contributed by atoms with Crippen molar-refractivity contribution in [2.24, 2.45) is 7.05 Å². The first kappa shape index (κ1) is 10.9. The highest BCUT2D eigenvalue weighted by Crippen LogP contribution is 2.22. The van der Waals surface area contributed by atoms with Crippen LogP contribution in [-0.4, -0.2) is 20.8 Å². The third-order valence-corrected chi connectivity index (χ3v) is 2.29. The first-order valence-electron chi connectivity index (χ1n) is 5.31. The maximum Gasteiger partial charge on any atom is 0.181 e. The molecule has 0 aliphatic carbocycles. The van der Waals surface area contributed by atoms with Gasteiger partial charge in [-0.2, -0.15) is 5.10 Å². The topological polar surface area (TPSA) is 55.9 Å². The van der Waals surface area contributed by atoms with E-state index < -0.39 is 0 Å². The predicted octanol–water partition coefficient (Wildman–Crippen LogP) is 1.57. The minimum absolute atomic E-state index is 0.429. The van der Waals surface area contributed by atoms with Gasteiger partial charge in [-0.15, -0.1) is 0 Å². The molecule has 0 aromatic carbocycles. The average Bonchev–Trinajstić information content (AvgIpc) is 2.82. The van der Waals surface area contributed by atoms with Gasteiger partial charge < -0.3 is 9.73 Å². The van der Waals surface area contributed by atoms with E-state index in [-0.39, 0.29) is 0 Å². The molecule has 2 aromatic rings. The number of aromatic nitrogens is 3. The van der Waals surface area contributed by atoms with Crippen molar-refractivity contribution in [2.75, 3.05) is 0 Å². The van der Waals surface area contributed by atoms with Crippen LogP contribution in [0.4, 0.5) is 0 Å². The Morgan fingerprint density at radius 2 is 2.31 bits per heavy atom. The fourth-order valence-corrected chi connectivity index (χ4v) is 1.47. The van der Waals surface area contributed by atoms with E-state index in [1.165, 1.54) is 6.39 Å².